The van der Waals surface area contributed by atoms with Crippen LogP contribution < -0.4 is 0 Å². The summed E-state index contributed by atoms with van der Waals surface area (Å²) in [5.74, 6) is 0.214. The van der Waals surface area contributed by atoms with Gasteiger partial charge in [0.1, 0.15) is 0 Å². The fraction of sp³-hybridized carbons (Fsp3) is 0.684. The first kappa shape index (κ1) is 18.7. The molecule has 1 heterocycles. The number of phenols is 1. The van der Waals surface area contributed by atoms with Crippen LogP contribution in [0.2, 0.25) is 0 Å². The monoisotopic (exact) mass is 334 g/mol. The molecule has 2 rings (SSSR count). The van der Waals surface area contributed by atoms with E-state index >= 15 is 0 Å². The number of piperidine rings is 1. The molecule has 1 aliphatic heterocycles. The number of aromatic hydroxyl groups is 1. The van der Waals surface area contributed by atoms with E-state index in [2.05, 4.69) is 25.7 Å². The summed E-state index contributed by atoms with van der Waals surface area (Å²) in [6.45, 7) is 9.94. The molecule has 134 valence electrons. The van der Waals surface area contributed by atoms with Gasteiger partial charge in [0.05, 0.1) is 4.92 Å². The molecule has 1 N–H and O–H groups in total. The fourth-order valence-corrected chi connectivity index (χ4v) is 3.74. The van der Waals surface area contributed by atoms with E-state index in [0.717, 1.165) is 31.6 Å². The Hall–Kier alpha value is -1.62. The van der Waals surface area contributed by atoms with Crippen LogP contribution >= 0.6 is 0 Å². The van der Waals surface area contributed by atoms with Crippen molar-refractivity contribution in [3.8, 4) is 5.75 Å². The maximum atomic E-state index is 10.9. The standard InChI is InChI=1S/C19H30N2O3/c1-4-5-6-7-11-20-12-10-19(3,15(2)14-20)16-8-9-17(21(23)24)18(22)13-16/h8-9,13,15,22H,4-7,10-12,14H2,1-3H3. The van der Waals surface area contributed by atoms with Gasteiger partial charge in [0.2, 0.25) is 0 Å². The highest BCUT2D eigenvalue weighted by atomic mass is 16.6. The van der Waals surface area contributed by atoms with Gasteiger partial charge in [-0.15, -0.1) is 0 Å². The quantitative estimate of drug-likeness (QED) is 0.453. The van der Waals surface area contributed by atoms with E-state index in [4.69, 9.17) is 0 Å². The molecule has 1 aromatic rings. The minimum Gasteiger partial charge on any atom is -0.502 e. The van der Waals surface area contributed by atoms with E-state index in [1.807, 2.05) is 6.07 Å². The van der Waals surface area contributed by atoms with Crippen LogP contribution in [0.15, 0.2) is 18.2 Å². The molecule has 2 atom stereocenters. The third kappa shape index (κ3) is 4.07. The highest BCUT2D eigenvalue weighted by Gasteiger charge is 2.38. The summed E-state index contributed by atoms with van der Waals surface area (Å²) < 4.78 is 0. The second-order valence-corrected chi connectivity index (χ2v) is 7.39. The van der Waals surface area contributed by atoms with Gasteiger partial charge in [-0.3, -0.25) is 10.1 Å². The summed E-state index contributed by atoms with van der Waals surface area (Å²) in [6.07, 6.45) is 6.14. The molecule has 0 aromatic heterocycles. The van der Waals surface area contributed by atoms with Crippen molar-refractivity contribution >= 4 is 5.69 Å². The number of likely N-dealkylation sites (tertiary alicyclic amines) is 1. The molecule has 1 aliphatic rings. The van der Waals surface area contributed by atoms with Crippen molar-refractivity contribution in [1.82, 2.24) is 4.90 Å². The van der Waals surface area contributed by atoms with Crippen LogP contribution in [0, 0.1) is 16.0 Å². The molecule has 0 saturated carbocycles. The largest absolute Gasteiger partial charge is 0.502 e. The first-order valence-electron chi connectivity index (χ1n) is 9.08. The van der Waals surface area contributed by atoms with Crippen molar-refractivity contribution in [1.29, 1.82) is 0 Å². The number of hydrogen-bond acceptors (Lipinski definition) is 4. The highest BCUT2D eigenvalue weighted by molar-refractivity contribution is 5.49. The van der Waals surface area contributed by atoms with E-state index in [-0.39, 0.29) is 16.9 Å². The molecule has 1 fully saturated rings. The number of hydrogen-bond donors (Lipinski definition) is 1. The SMILES string of the molecule is CCCCCCN1CCC(C)(c2ccc([N+](=O)[O-])c(O)c2)C(C)C1. The smallest absolute Gasteiger partial charge is 0.310 e. The Morgan fingerprint density at radius 3 is 2.71 bits per heavy atom. The Morgan fingerprint density at radius 1 is 1.38 bits per heavy atom. The lowest BCUT2D eigenvalue weighted by Gasteiger charge is -2.45. The van der Waals surface area contributed by atoms with E-state index in [1.165, 1.54) is 31.7 Å². The predicted molar refractivity (Wildman–Crippen MR) is 96.5 cm³/mol. The number of unbranched alkanes of at least 4 members (excludes halogenated alkanes) is 3. The number of nitrogens with zero attached hydrogens (tertiary/aromatic N) is 2. The lowest BCUT2D eigenvalue weighted by molar-refractivity contribution is -0.385. The Morgan fingerprint density at radius 2 is 2.12 bits per heavy atom. The van der Waals surface area contributed by atoms with Gasteiger partial charge < -0.3 is 10.0 Å². The Bertz CT molecular complexity index is 576. The van der Waals surface area contributed by atoms with Crippen LogP contribution in [0.5, 0.6) is 5.75 Å². The number of phenolic OH excluding ortho intramolecular Hbond substituents is 1. The third-order valence-electron chi connectivity index (χ3n) is 5.73. The maximum absolute atomic E-state index is 10.9. The zero-order valence-electron chi connectivity index (χ0n) is 15.1. The first-order valence-corrected chi connectivity index (χ1v) is 9.08. The lowest BCUT2D eigenvalue weighted by Crippen LogP contribution is -2.47. The molecule has 1 aromatic carbocycles. The molecule has 1 saturated heterocycles. The zero-order chi connectivity index (χ0) is 17.7. The van der Waals surface area contributed by atoms with Crippen LogP contribution in [0.4, 0.5) is 5.69 Å². The van der Waals surface area contributed by atoms with Crippen LogP contribution in [0.1, 0.15) is 58.4 Å². The highest BCUT2D eigenvalue weighted by Crippen LogP contribution is 2.42. The van der Waals surface area contributed by atoms with Crippen LogP contribution in [-0.4, -0.2) is 34.6 Å². The molecule has 5 heteroatoms. The van der Waals surface area contributed by atoms with Gasteiger partial charge in [-0.2, -0.15) is 0 Å². The van der Waals surface area contributed by atoms with Crippen molar-refractivity contribution < 1.29 is 10.0 Å². The van der Waals surface area contributed by atoms with Crippen molar-refractivity contribution in [3.63, 3.8) is 0 Å². The molecule has 2 unspecified atom stereocenters. The summed E-state index contributed by atoms with van der Waals surface area (Å²) in [5, 5.41) is 20.8. The van der Waals surface area contributed by atoms with E-state index in [0.29, 0.717) is 5.92 Å². The van der Waals surface area contributed by atoms with Crippen molar-refractivity contribution in [2.45, 2.75) is 58.3 Å². The Labute approximate surface area is 144 Å². The number of nitro groups is 1. The zero-order valence-corrected chi connectivity index (χ0v) is 15.1. The molecule has 0 aliphatic carbocycles. The molecule has 5 nitrogen and oxygen atoms in total. The van der Waals surface area contributed by atoms with Crippen molar-refractivity contribution in [2.75, 3.05) is 19.6 Å². The first-order chi connectivity index (χ1) is 11.4. The maximum Gasteiger partial charge on any atom is 0.310 e. The third-order valence-corrected chi connectivity index (χ3v) is 5.73. The Balaban J connectivity index is 2.03. The minimum atomic E-state index is -0.538. The van der Waals surface area contributed by atoms with Crippen molar-refractivity contribution in [2.24, 2.45) is 5.92 Å². The molecular weight excluding hydrogens is 304 g/mol. The number of rotatable bonds is 7. The van der Waals surface area contributed by atoms with Crippen LogP contribution in [-0.2, 0) is 5.41 Å². The van der Waals surface area contributed by atoms with Gasteiger partial charge in [0, 0.05) is 12.6 Å². The number of nitro benzene ring substituents is 1. The summed E-state index contributed by atoms with van der Waals surface area (Å²) in [6, 6.07) is 4.83. The van der Waals surface area contributed by atoms with E-state index in [9.17, 15) is 15.2 Å². The van der Waals surface area contributed by atoms with Gasteiger partial charge in [-0.05, 0) is 48.9 Å². The van der Waals surface area contributed by atoms with Gasteiger partial charge in [0.25, 0.3) is 0 Å². The minimum absolute atomic E-state index is 0.0491. The summed E-state index contributed by atoms with van der Waals surface area (Å²) in [7, 11) is 0. The molecule has 0 amide bonds. The summed E-state index contributed by atoms with van der Waals surface area (Å²) >= 11 is 0. The topological polar surface area (TPSA) is 66.6 Å². The van der Waals surface area contributed by atoms with Crippen molar-refractivity contribution in [3.05, 3.63) is 33.9 Å². The van der Waals surface area contributed by atoms with Gasteiger partial charge in [0.15, 0.2) is 5.75 Å². The second kappa shape index (κ2) is 7.97. The van der Waals surface area contributed by atoms with Gasteiger partial charge in [-0.1, -0.05) is 46.1 Å². The normalized spacial score (nSPS) is 24.9. The molecule has 0 spiro atoms. The molecule has 24 heavy (non-hydrogen) atoms. The molecule has 0 bridgehead atoms. The van der Waals surface area contributed by atoms with E-state index < -0.39 is 4.92 Å². The predicted octanol–water partition coefficient (Wildman–Crippen LogP) is 4.48. The average Bonchev–Trinajstić information content (AvgIpc) is 2.54. The average molecular weight is 334 g/mol. The van der Waals surface area contributed by atoms with Crippen LogP contribution in [0.3, 0.4) is 0 Å². The van der Waals surface area contributed by atoms with E-state index in [1.54, 1.807) is 6.07 Å². The fourth-order valence-electron chi connectivity index (χ4n) is 3.74. The lowest BCUT2D eigenvalue weighted by atomic mass is 9.68. The Kier molecular flexibility index (Phi) is 6.21. The van der Waals surface area contributed by atoms with Crippen LogP contribution in [0.25, 0.3) is 0 Å². The summed E-state index contributed by atoms with van der Waals surface area (Å²) in [5.41, 5.74) is 0.735. The molecule has 0 radical (unpaired) electrons. The van der Waals surface area contributed by atoms with Gasteiger partial charge >= 0.3 is 5.69 Å². The van der Waals surface area contributed by atoms with Gasteiger partial charge in [-0.25, -0.2) is 0 Å². The summed E-state index contributed by atoms with van der Waals surface area (Å²) in [4.78, 5) is 12.9. The second-order valence-electron chi connectivity index (χ2n) is 7.39. The molecular formula is C19H30N2O3. The number of benzene rings is 1.